The Labute approximate surface area is 289 Å². The third-order valence-electron chi connectivity index (χ3n) is 7.89. The van der Waals surface area contributed by atoms with E-state index in [1.807, 2.05) is 27.7 Å². The van der Waals surface area contributed by atoms with Gasteiger partial charge in [-0.15, -0.1) is 0 Å². The summed E-state index contributed by atoms with van der Waals surface area (Å²) in [6.07, 6.45) is 21.3. The van der Waals surface area contributed by atoms with Crippen LogP contribution in [0.15, 0.2) is 24.3 Å². The highest BCUT2D eigenvalue weighted by molar-refractivity contribution is 5.23. The van der Waals surface area contributed by atoms with Crippen LogP contribution in [0.4, 0.5) is 0 Å². The van der Waals surface area contributed by atoms with Crippen molar-refractivity contribution in [1.29, 1.82) is 0 Å². The summed E-state index contributed by atoms with van der Waals surface area (Å²) in [5.74, 6) is 0. The molecule has 0 aliphatic carbocycles. The molecule has 0 unspecified atom stereocenters. The molecular weight excluding hydrogens is 564 g/mol. The zero-order valence-corrected chi connectivity index (χ0v) is 32.1. The van der Waals surface area contributed by atoms with Crippen LogP contribution in [0.25, 0.3) is 0 Å². The van der Waals surface area contributed by atoms with Gasteiger partial charge in [0.1, 0.15) is 0 Å². The van der Waals surface area contributed by atoms with Gasteiger partial charge in [0.05, 0.1) is 0 Å². The number of unbranched alkanes of at least 4 members (excludes halogenated alkanes) is 10. The van der Waals surface area contributed by atoms with E-state index >= 15 is 0 Å². The normalized spacial score (nSPS) is 10.7. The van der Waals surface area contributed by atoms with Crippen LogP contribution < -0.4 is 31.9 Å². The maximum atomic E-state index is 3.61. The smallest absolute Gasteiger partial charge is 0.0205 e. The van der Waals surface area contributed by atoms with Gasteiger partial charge in [0, 0.05) is 13.1 Å². The van der Waals surface area contributed by atoms with Crippen molar-refractivity contribution in [1.82, 2.24) is 31.9 Å². The minimum absolute atomic E-state index is 0.952. The standard InChI is InChI=1S/C36H72N6.2C2H6/c1-3-5-7-9-11-13-22-37-24-16-26-39-28-18-30-41-33-35-20-15-21-36(32-35)34-42-31-19-29-40-27-17-25-38-23-14-12-10-8-6-4-2;2*1-2/h15,20-21,32,37-42H,3-14,16-19,22-31,33-34H2,1-2H3;2*1-2H3. The molecule has 0 aromatic heterocycles. The SMILES string of the molecule is CC.CC.CCCCCCCCNCCCNCCCNCc1cccc(CNCCCNCCCNCCCCCCCC)c1. The first-order chi connectivity index (χ1) is 22.9. The van der Waals surface area contributed by atoms with Crippen LogP contribution >= 0.6 is 0 Å². The molecule has 0 heterocycles. The van der Waals surface area contributed by atoms with E-state index in [0.717, 1.165) is 65.4 Å². The molecule has 274 valence electrons. The summed E-state index contributed by atoms with van der Waals surface area (Å²) in [5.41, 5.74) is 2.76. The molecule has 1 rings (SSSR count). The summed E-state index contributed by atoms with van der Waals surface area (Å²) < 4.78 is 0. The van der Waals surface area contributed by atoms with Crippen molar-refractivity contribution in [3.05, 3.63) is 35.4 Å². The summed E-state index contributed by atoms with van der Waals surface area (Å²) >= 11 is 0. The second kappa shape index (κ2) is 44.0. The predicted molar refractivity (Wildman–Crippen MR) is 209 cm³/mol. The van der Waals surface area contributed by atoms with Crippen molar-refractivity contribution in [3.8, 4) is 0 Å². The van der Waals surface area contributed by atoms with Gasteiger partial charge < -0.3 is 31.9 Å². The maximum absolute atomic E-state index is 3.61. The third-order valence-corrected chi connectivity index (χ3v) is 7.89. The Morgan fingerprint density at radius 1 is 0.348 bits per heavy atom. The second-order valence-corrected chi connectivity index (χ2v) is 12.1. The highest BCUT2D eigenvalue weighted by Gasteiger charge is 1.98. The molecule has 0 bridgehead atoms. The summed E-state index contributed by atoms with van der Waals surface area (Å²) in [7, 11) is 0. The lowest BCUT2D eigenvalue weighted by Gasteiger charge is -2.10. The molecule has 0 aliphatic heterocycles. The van der Waals surface area contributed by atoms with Gasteiger partial charge in [-0.1, -0.05) is 130 Å². The van der Waals surface area contributed by atoms with Crippen LogP contribution in [-0.2, 0) is 13.1 Å². The molecule has 6 nitrogen and oxygen atoms in total. The first kappa shape index (κ1) is 47.1. The largest absolute Gasteiger partial charge is 0.317 e. The minimum Gasteiger partial charge on any atom is -0.317 e. The average Bonchev–Trinajstić information content (AvgIpc) is 3.10. The van der Waals surface area contributed by atoms with E-state index in [4.69, 9.17) is 0 Å². The summed E-state index contributed by atoms with van der Waals surface area (Å²) in [6.45, 7) is 25.7. The number of nitrogens with one attached hydrogen (secondary N) is 6. The first-order valence-corrected chi connectivity index (χ1v) is 20.2. The number of benzene rings is 1. The lowest BCUT2D eigenvalue weighted by molar-refractivity contribution is 0.543. The Bertz CT molecular complexity index is 605. The van der Waals surface area contributed by atoms with Crippen molar-refractivity contribution in [2.45, 2.75) is 157 Å². The van der Waals surface area contributed by atoms with Gasteiger partial charge in [-0.05, 0) is 115 Å². The van der Waals surface area contributed by atoms with E-state index in [9.17, 15) is 0 Å². The number of hydrogen-bond donors (Lipinski definition) is 6. The quantitative estimate of drug-likeness (QED) is 0.0421. The van der Waals surface area contributed by atoms with E-state index in [0.29, 0.717) is 0 Å². The molecule has 46 heavy (non-hydrogen) atoms. The van der Waals surface area contributed by atoms with Crippen LogP contribution in [0, 0.1) is 0 Å². The zero-order chi connectivity index (χ0) is 34.0. The fourth-order valence-corrected chi connectivity index (χ4v) is 5.23. The predicted octanol–water partition coefficient (Wildman–Crippen LogP) is 8.56. The Balaban J connectivity index is 0. The molecule has 0 fully saturated rings. The second-order valence-electron chi connectivity index (χ2n) is 12.1. The van der Waals surface area contributed by atoms with Gasteiger partial charge in [0.2, 0.25) is 0 Å². The molecule has 1 aromatic rings. The van der Waals surface area contributed by atoms with Crippen LogP contribution in [0.2, 0.25) is 0 Å². The lowest BCUT2D eigenvalue weighted by atomic mass is 10.1. The zero-order valence-electron chi connectivity index (χ0n) is 32.1. The molecule has 0 atom stereocenters. The summed E-state index contributed by atoms with van der Waals surface area (Å²) in [6, 6.07) is 9.00. The van der Waals surface area contributed by atoms with Crippen molar-refractivity contribution in [3.63, 3.8) is 0 Å². The topological polar surface area (TPSA) is 72.2 Å². The van der Waals surface area contributed by atoms with Crippen LogP contribution in [0.5, 0.6) is 0 Å². The molecule has 6 heteroatoms. The minimum atomic E-state index is 0.952. The number of rotatable bonds is 34. The Hall–Kier alpha value is -1.02. The number of hydrogen-bond acceptors (Lipinski definition) is 6. The molecule has 0 spiro atoms. The molecule has 0 saturated heterocycles. The Morgan fingerprint density at radius 2 is 0.630 bits per heavy atom. The van der Waals surface area contributed by atoms with Gasteiger partial charge in [-0.3, -0.25) is 0 Å². The average molecular weight is 649 g/mol. The highest BCUT2D eigenvalue weighted by atomic mass is 14.9. The molecule has 6 N–H and O–H groups in total. The van der Waals surface area contributed by atoms with E-state index in [-0.39, 0.29) is 0 Å². The Morgan fingerprint density at radius 3 is 0.978 bits per heavy atom. The van der Waals surface area contributed by atoms with Gasteiger partial charge in [0.15, 0.2) is 0 Å². The fraction of sp³-hybridized carbons (Fsp3) is 0.850. The van der Waals surface area contributed by atoms with E-state index in [1.165, 1.54) is 127 Å². The van der Waals surface area contributed by atoms with Crippen molar-refractivity contribution >= 4 is 0 Å². The van der Waals surface area contributed by atoms with Crippen molar-refractivity contribution < 1.29 is 0 Å². The van der Waals surface area contributed by atoms with Crippen LogP contribution in [0.3, 0.4) is 0 Å². The Kier molecular flexibility index (Phi) is 45.0. The van der Waals surface area contributed by atoms with Gasteiger partial charge in [-0.2, -0.15) is 0 Å². The third kappa shape index (κ3) is 37.4. The van der Waals surface area contributed by atoms with Crippen molar-refractivity contribution in [2.24, 2.45) is 0 Å². The molecule has 0 aliphatic rings. The fourth-order valence-electron chi connectivity index (χ4n) is 5.23. The molecule has 1 aromatic carbocycles. The van der Waals surface area contributed by atoms with E-state index in [2.05, 4.69) is 70.0 Å². The van der Waals surface area contributed by atoms with E-state index in [1.54, 1.807) is 0 Å². The van der Waals surface area contributed by atoms with Gasteiger partial charge >= 0.3 is 0 Å². The molecular formula is C40H84N6. The monoisotopic (exact) mass is 649 g/mol. The summed E-state index contributed by atoms with van der Waals surface area (Å²) in [4.78, 5) is 0. The maximum Gasteiger partial charge on any atom is 0.0205 e. The van der Waals surface area contributed by atoms with Crippen LogP contribution in [0.1, 0.15) is 155 Å². The molecule has 0 saturated carbocycles. The highest BCUT2D eigenvalue weighted by Crippen LogP contribution is 2.06. The van der Waals surface area contributed by atoms with Crippen molar-refractivity contribution in [2.75, 3.05) is 65.4 Å². The van der Waals surface area contributed by atoms with Crippen LogP contribution in [-0.4, -0.2) is 65.4 Å². The first-order valence-electron chi connectivity index (χ1n) is 20.2. The van der Waals surface area contributed by atoms with Gasteiger partial charge in [-0.25, -0.2) is 0 Å². The summed E-state index contributed by atoms with van der Waals surface area (Å²) in [5, 5.41) is 21.6. The van der Waals surface area contributed by atoms with Gasteiger partial charge in [0.25, 0.3) is 0 Å². The van der Waals surface area contributed by atoms with E-state index < -0.39 is 0 Å². The molecule has 0 amide bonds. The lowest BCUT2D eigenvalue weighted by Crippen LogP contribution is -2.25. The molecule has 0 radical (unpaired) electrons.